The Morgan fingerprint density at radius 3 is 1.94 bits per heavy atom. The molecule has 0 aliphatic carbocycles. The zero-order valence-corrected chi connectivity index (χ0v) is 12.5. The minimum Gasteiger partial charge on any atom is -0.481 e. The highest BCUT2D eigenvalue weighted by atomic mass is 16.4. The van der Waals surface area contributed by atoms with Crippen LogP contribution in [-0.2, 0) is 4.79 Å². The number of carboxylic acid groups (broad SMARTS) is 1. The van der Waals surface area contributed by atoms with E-state index in [1.165, 1.54) is 4.90 Å². The van der Waals surface area contributed by atoms with E-state index in [4.69, 9.17) is 5.11 Å². The highest BCUT2D eigenvalue weighted by Crippen LogP contribution is 2.23. The van der Waals surface area contributed by atoms with Gasteiger partial charge in [-0.2, -0.15) is 0 Å². The second kappa shape index (κ2) is 6.07. The molecule has 0 saturated heterocycles. The predicted molar refractivity (Wildman–Crippen MR) is 71.5 cm³/mol. The van der Waals surface area contributed by atoms with Gasteiger partial charge in [-0.25, -0.2) is 4.79 Å². The van der Waals surface area contributed by atoms with E-state index in [-0.39, 0.29) is 24.0 Å². The summed E-state index contributed by atoms with van der Waals surface area (Å²) in [4.78, 5) is 26.0. The Kier molecular flexibility index (Phi) is 5.64. The molecule has 2 amide bonds. The average molecular weight is 258 g/mol. The van der Waals surface area contributed by atoms with Gasteiger partial charge in [0, 0.05) is 26.7 Å². The fraction of sp³-hybridized carbons (Fsp3) is 0.846. The van der Waals surface area contributed by atoms with Crippen molar-refractivity contribution in [3.63, 3.8) is 0 Å². The van der Waals surface area contributed by atoms with Crippen LogP contribution in [0.2, 0.25) is 0 Å². The fourth-order valence-corrected chi connectivity index (χ4v) is 1.58. The third-order valence-corrected chi connectivity index (χ3v) is 3.43. The topological polar surface area (TPSA) is 60.9 Å². The zero-order valence-electron chi connectivity index (χ0n) is 12.5. The van der Waals surface area contributed by atoms with Gasteiger partial charge in [0.15, 0.2) is 0 Å². The van der Waals surface area contributed by atoms with Crippen molar-refractivity contribution in [3.8, 4) is 0 Å². The van der Waals surface area contributed by atoms with Crippen LogP contribution < -0.4 is 0 Å². The largest absolute Gasteiger partial charge is 0.481 e. The lowest BCUT2D eigenvalue weighted by atomic mass is 9.87. The Hall–Kier alpha value is -1.26. The van der Waals surface area contributed by atoms with Gasteiger partial charge in [0.25, 0.3) is 0 Å². The van der Waals surface area contributed by atoms with Crippen molar-refractivity contribution < 1.29 is 14.7 Å². The molecule has 0 aromatic rings. The molecule has 5 nitrogen and oxygen atoms in total. The van der Waals surface area contributed by atoms with Crippen molar-refractivity contribution in [2.75, 3.05) is 20.6 Å². The molecule has 0 heterocycles. The molecule has 0 radical (unpaired) electrons. The van der Waals surface area contributed by atoms with Gasteiger partial charge in [-0.05, 0) is 12.3 Å². The zero-order chi connectivity index (χ0) is 14.7. The molecule has 5 heteroatoms. The molecule has 0 fully saturated rings. The summed E-state index contributed by atoms with van der Waals surface area (Å²) in [6.45, 7) is 10.0. The number of urea groups is 1. The Morgan fingerprint density at radius 1 is 1.17 bits per heavy atom. The molecule has 0 bridgehead atoms. The second-order valence-corrected chi connectivity index (χ2v) is 6.06. The first kappa shape index (κ1) is 16.7. The average Bonchev–Trinajstić information content (AvgIpc) is 2.24. The van der Waals surface area contributed by atoms with Crippen LogP contribution in [0.25, 0.3) is 0 Å². The van der Waals surface area contributed by atoms with Crippen molar-refractivity contribution in [3.05, 3.63) is 0 Å². The molecular weight excluding hydrogens is 232 g/mol. The maximum atomic E-state index is 12.1. The van der Waals surface area contributed by atoms with E-state index in [9.17, 15) is 9.59 Å². The monoisotopic (exact) mass is 258 g/mol. The molecular formula is C13H26N2O3. The van der Waals surface area contributed by atoms with Gasteiger partial charge in [-0.3, -0.25) is 4.79 Å². The van der Waals surface area contributed by atoms with Crippen LogP contribution in [0.4, 0.5) is 4.79 Å². The van der Waals surface area contributed by atoms with Crippen molar-refractivity contribution in [1.82, 2.24) is 9.80 Å². The van der Waals surface area contributed by atoms with E-state index in [2.05, 4.69) is 20.8 Å². The maximum Gasteiger partial charge on any atom is 0.319 e. The Bertz CT molecular complexity index is 310. The quantitative estimate of drug-likeness (QED) is 0.840. The molecule has 0 aromatic heterocycles. The summed E-state index contributed by atoms with van der Waals surface area (Å²) in [7, 11) is 3.38. The number of carboxylic acids is 1. The van der Waals surface area contributed by atoms with Crippen LogP contribution in [-0.4, -0.2) is 53.6 Å². The maximum absolute atomic E-state index is 12.1. The van der Waals surface area contributed by atoms with E-state index in [0.29, 0.717) is 0 Å². The molecule has 1 N–H and O–H groups in total. The van der Waals surface area contributed by atoms with Crippen LogP contribution in [0.5, 0.6) is 0 Å². The minimum absolute atomic E-state index is 0.0103. The smallest absolute Gasteiger partial charge is 0.319 e. The first-order chi connectivity index (χ1) is 7.98. The van der Waals surface area contributed by atoms with Crippen molar-refractivity contribution in [1.29, 1.82) is 0 Å². The number of nitrogens with zero attached hydrogens (tertiary/aromatic N) is 2. The first-order valence-corrected chi connectivity index (χ1v) is 6.19. The summed E-state index contributed by atoms with van der Waals surface area (Å²) in [5, 5.41) is 8.84. The summed E-state index contributed by atoms with van der Waals surface area (Å²) in [5.74, 6) is -1.45. The summed E-state index contributed by atoms with van der Waals surface area (Å²) in [6.07, 6.45) is 0. The SMILES string of the molecule is CC(CN(C)C(=O)N(C)C(C)C(C)(C)C)C(=O)O. The molecule has 0 rings (SSSR count). The van der Waals surface area contributed by atoms with Gasteiger partial charge in [-0.1, -0.05) is 27.7 Å². The number of rotatable bonds is 4. The molecule has 0 spiro atoms. The second-order valence-electron chi connectivity index (χ2n) is 6.06. The lowest BCUT2D eigenvalue weighted by Crippen LogP contribution is -2.49. The number of amides is 2. The standard InChI is InChI=1S/C13H26N2O3/c1-9(11(16)17)8-14(6)12(18)15(7)10(2)13(3,4)5/h9-10H,8H2,1-7H3,(H,16,17). The number of hydrogen-bond acceptors (Lipinski definition) is 2. The highest BCUT2D eigenvalue weighted by Gasteiger charge is 2.29. The van der Waals surface area contributed by atoms with Gasteiger partial charge in [0.1, 0.15) is 0 Å². The molecule has 0 aromatic carbocycles. The number of carbonyl (C=O) groups excluding carboxylic acids is 1. The van der Waals surface area contributed by atoms with E-state index in [0.717, 1.165) is 0 Å². The highest BCUT2D eigenvalue weighted by molar-refractivity contribution is 5.76. The molecule has 0 saturated carbocycles. The third-order valence-electron chi connectivity index (χ3n) is 3.43. The van der Waals surface area contributed by atoms with Gasteiger partial charge in [0.2, 0.25) is 0 Å². The van der Waals surface area contributed by atoms with E-state index in [1.54, 1.807) is 25.9 Å². The number of aliphatic carboxylic acids is 1. The predicted octanol–water partition coefficient (Wildman–Crippen LogP) is 2.13. The lowest BCUT2D eigenvalue weighted by molar-refractivity contribution is -0.141. The molecule has 0 aliphatic heterocycles. The van der Waals surface area contributed by atoms with Gasteiger partial charge >= 0.3 is 12.0 Å². The molecule has 18 heavy (non-hydrogen) atoms. The van der Waals surface area contributed by atoms with Gasteiger partial charge in [0.05, 0.1) is 5.92 Å². The Morgan fingerprint density at radius 2 is 1.61 bits per heavy atom. The summed E-state index contributed by atoms with van der Waals surface area (Å²) >= 11 is 0. The van der Waals surface area contributed by atoms with Crippen molar-refractivity contribution in [2.24, 2.45) is 11.3 Å². The minimum atomic E-state index is -0.888. The third kappa shape index (κ3) is 4.55. The Balaban J connectivity index is 4.60. The van der Waals surface area contributed by atoms with E-state index >= 15 is 0 Å². The lowest BCUT2D eigenvalue weighted by Gasteiger charge is -2.37. The molecule has 2 unspecified atom stereocenters. The van der Waals surface area contributed by atoms with Crippen LogP contribution in [0, 0.1) is 11.3 Å². The first-order valence-electron chi connectivity index (χ1n) is 6.19. The van der Waals surface area contributed by atoms with Gasteiger partial charge < -0.3 is 14.9 Å². The van der Waals surface area contributed by atoms with Crippen LogP contribution >= 0.6 is 0 Å². The van der Waals surface area contributed by atoms with Crippen molar-refractivity contribution in [2.45, 2.75) is 40.7 Å². The number of carbonyl (C=O) groups is 2. The van der Waals surface area contributed by atoms with Crippen LogP contribution in [0.3, 0.4) is 0 Å². The summed E-state index contributed by atoms with van der Waals surface area (Å²) in [5.41, 5.74) is -0.0103. The van der Waals surface area contributed by atoms with E-state index in [1.807, 2.05) is 6.92 Å². The molecule has 2 atom stereocenters. The van der Waals surface area contributed by atoms with Crippen molar-refractivity contribution >= 4 is 12.0 Å². The summed E-state index contributed by atoms with van der Waals surface area (Å²) < 4.78 is 0. The number of hydrogen-bond donors (Lipinski definition) is 1. The molecule has 0 aliphatic rings. The van der Waals surface area contributed by atoms with Crippen LogP contribution in [0.15, 0.2) is 0 Å². The van der Waals surface area contributed by atoms with Gasteiger partial charge in [-0.15, -0.1) is 0 Å². The summed E-state index contributed by atoms with van der Waals surface area (Å²) in [6, 6.07) is -0.0712. The Labute approximate surface area is 110 Å². The van der Waals surface area contributed by atoms with E-state index < -0.39 is 11.9 Å². The normalized spacial score (nSPS) is 14.8. The molecule has 106 valence electrons. The fourth-order valence-electron chi connectivity index (χ4n) is 1.58. The van der Waals surface area contributed by atoms with Crippen LogP contribution in [0.1, 0.15) is 34.6 Å².